The molecule has 1 fully saturated rings. The number of benzene rings is 2. The van der Waals surface area contributed by atoms with Crippen molar-refractivity contribution in [1.29, 1.82) is 0 Å². The monoisotopic (exact) mass is 420 g/mol. The second-order valence-corrected chi connectivity index (χ2v) is 7.56. The fourth-order valence-corrected chi connectivity index (χ4v) is 4.27. The minimum Gasteiger partial charge on any atom is -0.496 e. The molecule has 1 unspecified atom stereocenters. The van der Waals surface area contributed by atoms with Gasteiger partial charge in [0.15, 0.2) is 0 Å². The largest absolute Gasteiger partial charge is 0.496 e. The van der Waals surface area contributed by atoms with E-state index in [1.165, 1.54) is 29.0 Å². The second kappa shape index (κ2) is 7.63. The molecule has 0 aromatic heterocycles. The molecule has 0 saturated carbocycles. The van der Waals surface area contributed by atoms with Gasteiger partial charge in [0, 0.05) is 29.7 Å². The van der Waals surface area contributed by atoms with Crippen molar-refractivity contribution in [2.24, 2.45) is 0 Å². The highest BCUT2D eigenvalue weighted by molar-refractivity contribution is 6.31. The Morgan fingerprint density at radius 1 is 1.17 bits per heavy atom. The van der Waals surface area contributed by atoms with E-state index in [0.717, 1.165) is 6.07 Å². The summed E-state index contributed by atoms with van der Waals surface area (Å²) in [4.78, 5) is 29.3. The number of methoxy groups -OCH3 is 1. The minimum absolute atomic E-state index is 0.243. The molecular weight excluding hydrogens is 402 g/mol. The molecule has 2 amide bonds. The van der Waals surface area contributed by atoms with Gasteiger partial charge in [-0.2, -0.15) is 0 Å². The molecule has 0 spiro atoms. The Morgan fingerprint density at radius 2 is 1.97 bits per heavy atom. The van der Waals surface area contributed by atoms with Crippen molar-refractivity contribution in [1.82, 2.24) is 4.90 Å². The lowest BCUT2D eigenvalue weighted by molar-refractivity contribution is -0.122. The minimum atomic E-state index is -0.732. The van der Waals surface area contributed by atoms with Crippen LogP contribution in [-0.2, 0) is 11.2 Å². The maximum atomic E-state index is 14.0. The molecule has 0 radical (unpaired) electrons. The first-order valence-corrected chi connectivity index (χ1v) is 9.72. The highest BCUT2D eigenvalue weighted by Gasteiger charge is 2.40. The molecule has 1 atom stereocenters. The van der Waals surface area contributed by atoms with E-state index >= 15 is 0 Å². The first-order valence-electron chi connectivity index (χ1n) is 9.34. The van der Waals surface area contributed by atoms with Crippen LogP contribution in [-0.4, -0.2) is 43.0 Å². The SMILES string of the molecule is COc1ccc(Cl)cc1C(=O)N1CCCC1C(=O)N1CCc2c(F)cc(F)cc21. The average Bonchev–Trinajstić information content (AvgIpc) is 3.34. The number of nitrogens with zero attached hydrogens (tertiary/aromatic N) is 2. The Kier molecular flexibility index (Phi) is 5.17. The Morgan fingerprint density at radius 3 is 2.72 bits per heavy atom. The molecule has 4 rings (SSSR count). The summed E-state index contributed by atoms with van der Waals surface area (Å²) in [6.45, 7) is 0.663. The summed E-state index contributed by atoms with van der Waals surface area (Å²) in [5, 5.41) is 0.385. The lowest BCUT2D eigenvalue weighted by atomic mass is 10.1. The lowest BCUT2D eigenvalue weighted by Gasteiger charge is -2.28. The van der Waals surface area contributed by atoms with Gasteiger partial charge in [0.05, 0.1) is 18.4 Å². The highest BCUT2D eigenvalue weighted by atomic mass is 35.5. The van der Waals surface area contributed by atoms with Crippen molar-refractivity contribution >= 4 is 29.1 Å². The van der Waals surface area contributed by atoms with E-state index in [1.54, 1.807) is 12.1 Å². The summed E-state index contributed by atoms with van der Waals surface area (Å²) in [5.41, 5.74) is 0.845. The fourth-order valence-electron chi connectivity index (χ4n) is 4.10. The third-order valence-electron chi connectivity index (χ3n) is 5.47. The van der Waals surface area contributed by atoms with Crippen LogP contribution in [0.1, 0.15) is 28.8 Å². The molecule has 5 nitrogen and oxygen atoms in total. The van der Waals surface area contributed by atoms with E-state index in [1.807, 2.05) is 0 Å². The Bertz CT molecular complexity index is 998. The van der Waals surface area contributed by atoms with E-state index in [0.29, 0.717) is 42.1 Å². The van der Waals surface area contributed by atoms with Crippen molar-refractivity contribution in [3.05, 3.63) is 58.1 Å². The van der Waals surface area contributed by atoms with Crippen LogP contribution < -0.4 is 9.64 Å². The Balaban J connectivity index is 1.63. The zero-order chi connectivity index (χ0) is 20.7. The number of hydrogen-bond acceptors (Lipinski definition) is 3. The zero-order valence-corrected chi connectivity index (χ0v) is 16.5. The summed E-state index contributed by atoms with van der Waals surface area (Å²) in [5.74, 6) is -1.71. The number of rotatable bonds is 3. The van der Waals surface area contributed by atoms with Crippen LogP contribution >= 0.6 is 11.6 Å². The summed E-state index contributed by atoms with van der Waals surface area (Å²) in [6.07, 6.45) is 1.45. The molecule has 2 aliphatic rings. The van der Waals surface area contributed by atoms with Gasteiger partial charge in [-0.25, -0.2) is 8.78 Å². The first-order chi connectivity index (χ1) is 13.9. The number of fused-ring (bicyclic) bond motifs is 1. The van der Waals surface area contributed by atoms with Gasteiger partial charge >= 0.3 is 0 Å². The van der Waals surface area contributed by atoms with E-state index in [9.17, 15) is 18.4 Å². The molecular formula is C21H19ClF2N2O3. The predicted octanol–water partition coefficient (Wildman–Crippen LogP) is 3.82. The van der Waals surface area contributed by atoms with Crippen LogP contribution in [0.4, 0.5) is 14.5 Å². The zero-order valence-electron chi connectivity index (χ0n) is 15.8. The topological polar surface area (TPSA) is 49.9 Å². The normalized spacial score (nSPS) is 18.1. The van der Waals surface area contributed by atoms with E-state index < -0.39 is 17.7 Å². The molecule has 2 aromatic carbocycles. The second-order valence-electron chi connectivity index (χ2n) is 7.13. The Hall–Kier alpha value is -2.67. The number of halogens is 3. The molecule has 1 saturated heterocycles. The van der Waals surface area contributed by atoms with Crippen molar-refractivity contribution in [3.63, 3.8) is 0 Å². The third-order valence-corrected chi connectivity index (χ3v) is 5.70. The summed E-state index contributed by atoms with van der Waals surface area (Å²) < 4.78 is 33.0. The predicted molar refractivity (Wildman–Crippen MR) is 104 cm³/mol. The molecule has 2 aliphatic heterocycles. The number of ether oxygens (including phenoxy) is 1. The Labute approximate surface area is 171 Å². The molecule has 8 heteroatoms. The lowest BCUT2D eigenvalue weighted by Crippen LogP contribution is -2.47. The van der Waals surface area contributed by atoms with E-state index in [-0.39, 0.29) is 29.6 Å². The molecule has 29 heavy (non-hydrogen) atoms. The number of carbonyl (C=O) groups excluding carboxylic acids is 2. The maximum Gasteiger partial charge on any atom is 0.258 e. The van der Waals surface area contributed by atoms with Crippen molar-refractivity contribution in [3.8, 4) is 5.75 Å². The molecule has 2 heterocycles. The molecule has 152 valence electrons. The van der Waals surface area contributed by atoms with Gasteiger partial charge in [0.25, 0.3) is 5.91 Å². The average molecular weight is 421 g/mol. The summed E-state index contributed by atoms with van der Waals surface area (Å²) >= 11 is 6.04. The van der Waals surface area contributed by atoms with Crippen molar-refractivity contribution < 1.29 is 23.1 Å². The van der Waals surface area contributed by atoms with Gasteiger partial charge < -0.3 is 14.5 Å². The fraction of sp³-hybridized carbons (Fsp3) is 0.333. The smallest absolute Gasteiger partial charge is 0.258 e. The van der Waals surface area contributed by atoms with Crippen LogP contribution in [0.2, 0.25) is 5.02 Å². The number of carbonyl (C=O) groups is 2. The number of hydrogen-bond donors (Lipinski definition) is 0. The number of likely N-dealkylation sites (tertiary alicyclic amines) is 1. The quantitative estimate of drug-likeness (QED) is 0.758. The molecule has 2 aromatic rings. The molecule has 0 N–H and O–H groups in total. The van der Waals surface area contributed by atoms with Gasteiger partial charge in [0.2, 0.25) is 5.91 Å². The first kappa shape index (κ1) is 19.6. The number of amides is 2. The molecule has 0 aliphatic carbocycles. The van der Waals surface area contributed by atoms with Crippen molar-refractivity contribution in [2.75, 3.05) is 25.1 Å². The van der Waals surface area contributed by atoms with E-state index in [4.69, 9.17) is 16.3 Å². The standard InChI is InChI=1S/C21H19ClF2N2O3/c1-29-19-5-4-12(22)9-15(19)20(27)25-7-2-3-17(25)21(28)26-8-6-14-16(24)10-13(23)11-18(14)26/h4-5,9-11,17H,2-3,6-8H2,1H3. The van der Waals surface area contributed by atoms with E-state index in [2.05, 4.69) is 0 Å². The third kappa shape index (κ3) is 3.44. The van der Waals surface area contributed by atoms with Gasteiger partial charge in [-0.3, -0.25) is 9.59 Å². The molecule has 0 bridgehead atoms. The number of anilines is 1. The van der Waals surface area contributed by atoms with Gasteiger partial charge in [-0.15, -0.1) is 0 Å². The summed E-state index contributed by atoms with van der Waals surface area (Å²) in [7, 11) is 1.46. The highest BCUT2D eigenvalue weighted by Crippen LogP contribution is 2.34. The maximum absolute atomic E-state index is 14.0. The van der Waals surface area contributed by atoms with Crippen LogP contribution in [0.15, 0.2) is 30.3 Å². The van der Waals surface area contributed by atoms with Crippen LogP contribution in [0.3, 0.4) is 0 Å². The summed E-state index contributed by atoms with van der Waals surface area (Å²) in [6, 6.07) is 6.02. The van der Waals surface area contributed by atoms with Gasteiger partial charge in [-0.05, 0) is 43.5 Å². The van der Waals surface area contributed by atoms with Crippen LogP contribution in [0.25, 0.3) is 0 Å². The van der Waals surface area contributed by atoms with Gasteiger partial charge in [0.1, 0.15) is 23.4 Å². The van der Waals surface area contributed by atoms with Crippen molar-refractivity contribution in [2.45, 2.75) is 25.3 Å². The van der Waals surface area contributed by atoms with Gasteiger partial charge in [-0.1, -0.05) is 11.6 Å². The van der Waals surface area contributed by atoms with Crippen LogP contribution in [0, 0.1) is 11.6 Å². The van der Waals surface area contributed by atoms with Crippen LogP contribution in [0.5, 0.6) is 5.75 Å².